The van der Waals surface area contributed by atoms with Crippen LogP contribution in [0.3, 0.4) is 0 Å². The Morgan fingerprint density at radius 2 is 2.25 bits per heavy atom. The van der Waals surface area contributed by atoms with Gasteiger partial charge in [0.1, 0.15) is 12.4 Å². The lowest BCUT2D eigenvalue weighted by atomic mass is 10.1. The standard InChI is InChI=1S/C16H24BrNO2/c1-4-18-12(3)15-8-6-13(17)9-16(15)19-10-14-7-5-11(2)20-14/h6,8-9,11-12,14,18H,4-5,7,10H2,1-3H3. The molecule has 0 spiro atoms. The van der Waals surface area contributed by atoms with Crippen molar-refractivity contribution in [2.24, 2.45) is 0 Å². The van der Waals surface area contributed by atoms with Gasteiger partial charge in [-0.15, -0.1) is 0 Å². The Labute approximate surface area is 130 Å². The number of hydrogen-bond acceptors (Lipinski definition) is 3. The van der Waals surface area contributed by atoms with E-state index in [1.54, 1.807) is 0 Å². The summed E-state index contributed by atoms with van der Waals surface area (Å²) in [5.41, 5.74) is 1.20. The molecule has 1 aliphatic rings. The van der Waals surface area contributed by atoms with Crippen LogP contribution in [0, 0.1) is 0 Å². The molecule has 0 aromatic heterocycles. The molecular weight excluding hydrogens is 318 g/mol. The molecule has 1 N–H and O–H groups in total. The zero-order valence-electron chi connectivity index (χ0n) is 12.5. The third-order valence-corrected chi connectivity index (χ3v) is 4.19. The van der Waals surface area contributed by atoms with Gasteiger partial charge in [-0.05, 0) is 45.4 Å². The van der Waals surface area contributed by atoms with Crippen LogP contribution in [0.25, 0.3) is 0 Å². The number of ether oxygens (including phenoxy) is 2. The first kappa shape index (κ1) is 15.8. The van der Waals surface area contributed by atoms with E-state index < -0.39 is 0 Å². The molecule has 3 atom stereocenters. The summed E-state index contributed by atoms with van der Waals surface area (Å²) in [5, 5.41) is 3.43. The van der Waals surface area contributed by atoms with E-state index in [9.17, 15) is 0 Å². The third-order valence-electron chi connectivity index (χ3n) is 3.70. The van der Waals surface area contributed by atoms with Crippen LogP contribution in [0.1, 0.15) is 45.2 Å². The highest BCUT2D eigenvalue weighted by molar-refractivity contribution is 9.10. The van der Waals surface area contributed by atoms with Gasteiger partial charge in [-0.3, -0.25) is 0 Å². The minimum absolute atomic E-state index is 0.228. The molecule has 1 saturated heterocycles. The van der Waals surface area contributed by atoms with Crippen molar-refractivity contribution < 1.29 is 9.47 Å². The summed E-state index contributed by atoms with van der Waals surface area (Å²) >= 11 is 3.52. The Balaban J connectivity index is 2.03. The van der Waals surface area contributed by atoms with Crippen LogP contribution >= 0.6 is 15.9 Å². The molecular formula is C16H24BrNO2. The zero-order valence-corrected chi connectivity index (χ0v) is 14.1. The van der Waals surface area contributed by atoms with E-state index in [2.05, 4.69) is 54.2 Å². The first-order valence-corrected chi connectivity index (χ1v) is 8.20. The molecule has 1 heterocycles. The normalized spacial score (nSPS) is 23.8. The van der Waals surface area contributed by atoms with E-state index in [4.69, 9.17) is 9.47 Å². The predicted molar refractivity (Wildman–Crippen MR) is 85.3 cm³/mol. The van der Waals surface area contributed by atoms with Crippen molar-refractivity contribution in [1.82, 2.24) is 5.32 Å². The average molecular weight is 342 g/mol. The number of hydrogen-bond donors (Lipinski definition) is 1. The zero-order chi connectivity index (χ0) is 14.5. The minimum Gasteiger partial charge on any atom is -0.490 e. The van der Waals surface area contributed by atoms with Crippen molar-refractivity contribution in [3.8, 4) is 5.75 Å². The van der Waals surface area contributed by atoms with Crippen molar-refractivity contribution in [3.63, 3.8) is 0 Å². The molecule has 0 saturated carbocycles. The number of benzene rings is 1. The smallest absolute Gasteiger partial charge is 0.125 e. The quantitative estimate of drug-likeness (QED) is 0.846. The van der Waals surface area contributed by atoms with E-state index in [0.29, 0.717) is 12.7 Å². The molecule has 1 fully saturated rings. The summed E-state index contributed by atoms with van der Waals surface area (Å²) in [6.45, 7) is 7.97. The molecule has 4 heteroatoms. The van der Waals surface area contributed by atoms with Gasteiger partial charge >= 0.3 is 0 Å². The van der Waals surface area contributed by atoms with E-state index in [1.807, 2.05) is 6.07 Å². The molecule has 1 aromatic rings. The summed E-state index contributed by atoms with van der Waals surface area (Å²) in [4.78, 5) is 0. The summed E-state index contributed by atoms with van der Waals surface area (Å²) in [5.74, 6) is 0.941. The Bertz CT molecular complexity index is 438. The molecule has 3 nitrogen and oxygen atoms in total. The van der Waals surface area contributed by atoms with Crippen LogP contribution in [-0.2, 0) is 4.74 Å². The lowest BCUT2D eigenvalue weighted by Crippen LogP contribution is -2.21. The Morgan fingerprint density at radius 3 is 2.90 bits per heavy atom. The highest BCUT2D eigenvalue weighted by Gasteiger charge is 2.23. The van der Waals surface area contributed by atoms with E-state index in [1.165, 1.54) is 5.56 Å². The lowest BCUT2D eigenvalue weighted by molar-refractivity contribution is 0.0261. The van der Waals surface area contributed by atoms with Gasteiger partial charge in [-0.1, -0.05) is 28.9 Å². The van der Waals surface area contributed by atoms with E-state index >= 15 is 0 Å². The predicted octanol–water partition coefficient (Wildman–Crippen LogP) is 4.07. The highest BCUT2D eigenvalue weighted by Crippen LogP contribution is 2.29. The van der Waals surface area contributed by atoms with Crippen LogP contribution in [0.2, 0.25) is 0 Å². The Hall–Kier alpha value is -0.580. The summed E-state index contributed by atoms with van der Waals surface area (Å²) in [6.07, 6.45) is 2.82. The highest BCUT2D eigenvalue weighted by atomic mass is 79.9. The van der Waals surface area contributed by atoms with Gasteiger partial charge in [0.15, 0.2) is 0 Å². The van der Waals surface area contributed by atoms with Gasteiger partial charge in [0.25, 0.3) is 0 Å². The molecule has 0 amide bonds. The third kappa shape index (κ3) is 4.21. The summed E-state index contributed by atoms with van der Waals surface area (Å²) < 4.78 is 12.9. The van der Waals surface area contributed by atoms with Gasteiger partial charge < -0.3 is 14.8 Å². The van der Waals surface area contributed by atoms with Gasteiger partial charge in [-0.2, -0.15) is 0 Å². The molecule has 0 radical (unpaired) electrons. The average Bonchev–Trinajstić information content (AvgIpc) is 2.82. The maximum Gasteiger partial charge on any atom is 0.125 e. The maximum atomic E-state index is 6.02. The second-order valence-corrected chi connectivity index (χ2v) is 6.33. The Morgan fingerprint density at radius 1 is 1.45 bits per heavy atom. The fourth-order valence-corrected chi connectivity index (χ4v) is 2.94. The maximum absolute atomic E-state index is 6.02. The van der Waals surface area contributed by atoms with E-state index in [0.717, 1.165) is 29.6 Å². The largest absolute Gasteiger partial charge is 0.490 e. The molecule has 1 aliphatic heterocycles. The molecule has 2 rings (SSSR count). The van der Waals surface area contributed by atoms with Crippen LogP contribution in [0.5, 0.6) is 5.75 Å². The van der Waals surface area contributed by atoms with Crippen LogP contribution < -0.4 is 10.1 Å². The van der Waals surface area contributed by atoms with Crippen LogP contribution in [0.15, 0.2) is 22.7 Å². The van der Waals surface area contributed by atoms with Crippen LogP contribution in [0.4, 0.5) is 0 Å². The molecule has 1 aromatic carbocycles. The lowest BCUT2D eigenvalue weighted by Gasteiger charge is -2.19. The van der Waals surface area contributed by atoms with E-state index in [-0.39, 0.29) is 12.1 Å². The summed E-state index contributed by atoms with van der Waals surface area (Å²) in [6, 6.07) is 6.50. The monoisotopic (exact) mass is 341 g/mol. The number of nitrogens with one attached hydrogen (secondary N) is 1. The molecule has 0 bridgehead atoms. The Kier molecular flexibility index (Phi) is 5.87. The van der Waals surface area contributed by atoms with Crippen molar-refractivity contribution in [3.05, 3.63) is 28.2 Å². The van der Waals surface area contributed by atoms with Crippen molar-refractivity contribution >= 4 is 15.9 Å². The molecule has 0 aliphatic carbocycles. The van der Waals surface area contributed by atoms with Crippen molar-refractivity contribution in [1.29, 1.82) is 0 Å². The fraction of sp³-hybridized carbons (Fsp3) is 0.625. The summed E-state index contributed by atoms with van der Waals surface area (Å²) in [7, 11) is 0. The first-order chi connectivity index (χ1) is 9.60. The number of halogens is 1. The second kappa shape index (κ2) is 7.43. The topological polar surface area (TPSA) is 30.5 Å². The molecule has 3 unspecified atom stereocenters. The molecule has 20 heavy (non-hydrogen) atoms. The molecule has 112 valence electrons. The van der Waals surface area contributed by atoms with Crippen LogP contribution in [-0.4, -0.2) is 25.4 Å². The SMILES string of the molecule is CCNC(C)c1ccc(Br)cc1OCC1CCC(C)O1. The van der Waals surface area contributed by atoms with Gasteiger partial charge in [0, 0.05) is 16.1 Å². The van der Waals surface area contributed by atoms with Gasteiger partial charge in [0.05, 0.1) is 12.2 Å². The van der Waals surface area contributed by atoms with Gasteiger partial charge in [0.2, 0.25) is 0 Å². The number of rotatable bonds is 6. The minimum atomic E-state index is 0.228. The van der Waals surface area contributed by atoms with Gasteiger partial charge in [-0.25, -0.2) is 0 Å². The van der Waals surface area contributed by atoms with Crippen molar-refractivity contribution in [2.45, 2.75) is 51.9 Å². The van der Waals surface area contributed by atoms with Crippen molar-refractivity contribution in [2.75, 3.05) is 13.2 Å². The fourth-order valence-electron chi connectivity index (χ4n) is 2.60. The first-order valence-electron chi connectivity index (χ1n) is 7.41. The second-order valence-electron chi connectivity index (χ2n) is 5.42.